The van der Waals surface area contributed by atoms with E-state index in [0.717, 1.165) is 6.32 Å². The monoisotopic (exact) mass is 226 g/mol. The van der Waals surface area contributed by atoms with Crippen molar-refractivity contribution in [2.75, 3.05) is 19.7 Å². The molecule has 1 aliphatic heterocycles. The molecule has 16 heavy (non-hydrogen) atoms. The van der Waals surface area contributed by atoms with Gasteiger partial charge in [-0.15, -0.1) is 0 Å². The van der Waals surface area contributed by atoms with Crippen LogP contribution in [-0.4, -0.2) is 49.7 Å². The Morgan fingerprint density at radius 3 is 2.81 bits per heavy atom. The summed E-state index contributed by atoms with van der Waals surface area (Å²) >= 11 is 0. The first kappa shape index (κ1) is 13.4. The largest absolute Gasteiger partial charge is 0.444 e. The van der Waals surface area contributed by atoms with Gasteiger partial charge in [-0.05, 0) is 20.8 Å². The molecule has 1 atom stereocenters. The molecule has 0 bridgehead atoms. The van der Waals surface area contributed by atoms with Crippen LogP contribution in [0.3, 0.4) is 0 Å². The van der Waals surface area contributed by atoms with E-state index in [0.29, 0.717) is 19.7 Å². The zero-order valence-corrected chi connectivity index (χ0v) is 10.7. The van der Waals surface area contributed by atoms with E-state index >= 15 is 0 Å². The van der Waals surface area contributed by atoms with E-state index in [2.05, 4.69) is 7.28 Å². The van der Waals surface area contributed by atoms with Gasteiger partial charge in [0.1, 0.15) is 12.9 Å². The lowest BCUT2D eigenvalue weighted by Gasteiger charge is -2.34. The van der Waals surface area contributed by atoms with Gasteiger partial charge in [-0.25, -0.2) is 4.79 Å². The maximum Gasteiger partial charge on any atom is 0.410 e. The summed E-state index contributed by atoms with van der Waals surface area (Å²) < 4.78 is 10.9. The Bertz CT molecular complexity index is 238. The van der Waals surface area contributed by atoms with Crippen molar-refractivity contribution in [3.8, 4) is 0 Å². The summed E-state index contributed by atoms with van der Waals surface area (Å²) in [5, 5.41) is 0. The Hall–Kier alpha value is -0.705. The van der Waals surface area contributed by atoms with E-state index in [-0.39, 0.29) is 12.2 Å². The standard InChI is InChI=1S/C11H21BNO3/c1-11(2,3)16-10(14)13-5-6-15-9(8-13)7-12-4/h9H,5-8H2,1-4H3/t9-/m1/s1. The maximum atomic E-state index is 11.8. The Morgan fingerprint density at radius 1 is 1.56 bits per heavy atom. The molecule has 1 radical (unpaired) electrons. The molecular weight excluding hydrogens is 205 g/mol. The molecule has 0 saturated carbocycles. The van der Waals surface area contributed by atoms with Crippen LogP contribution >= 0.6 is 0 Å². The number of rotatable bonds is 2. The number of amides is 1. The number of carbonyl (C=O) groups is 1. The highest BCUT2D eigenvalue weighted by atomic mass is 16.6. The van der Waals surface area contributed by atoms with E-state index in [1.54, 1.807) is 4.90 Å². The molecule has 5 heteroatoms. The number of carbonyl (C=O) groups excluding carboxylic acids is 1. The van der Waals surface area contributed by atoms with Crippen LogP contribution in [0.1, 0.15) is 20.8 Å². The number of hydrogen-bond acceptors (Lipinski definition) is 3. The highest BCUT2D eigenvalue weighted by molar-refractivity contribution is 6.33. The van der Waals surface area contributed by atoms with Gasteiger partial charge >= 0.3 is 6.09 Å². The van der Waals surface area contributed by atoms with E-state index in [9.17, 15) is 4.79 Å². The highest BCUT2D eigenvalue weighted by Gasteiger charge is 2.27. The predicted octanol–water partition coefficient (Wildman–Crippen LogP) is 1.79. The summed E-state index contributed by atoms with van der Waals surface area (Å²) in [6, 6.07) is 0. The van der Waals surface area contributed by atoms with Gasteiger partial charge in [0.2, 0.25) is 0 Å². The molecule has 0 aromatic rings. The summed E-state index contributed by atoms with van der Waals surface area (Å²) in [4.78, 5) is 13.5. The lowest BCUT2D eigenvalue weighted by molar-refractivity contribution is -0.0352. The van der Waals surface area contributed by atoms with Crippen LogP contribution in [0, 0.1) is 0 Å². The third-order valence-electron chi connectivity index (χ3n) is 2.29. The summed E-state index contributed by atoms with van der Waals surface area (Å²) in [7, 11) is 2.06. The Kier molecular flexibility index (Phi) is 4.65. The minimum Gasteiger partial charge on any atom is -0.444 e. The second-order valence-electron chi connectivity index (χ2n) is 5.06. The lowest BCUT2D eigenvalue weighted by Crippen LogP contribution is -2.47. The lowest BCUT2D eigenvalue weighted by atomic mass is 9.75. The molecule has 1 saturated heterocycles. The van der Waals surface area contributed by atoms with Crippen molar-refractivity contribution in [3.05, 3.63) is 0 Å². The molecule has 1 amide bonds. The minimum absolute atomic E-state index is 0.117. The van der Waals surface area contributed by atoms with Crippen LogP contribution in [0.2, 0.25) is 13.1 Å². The van der Waals surface area contributed by atoms with Crippen molar-refractivity contribution in [2.24, 2.45) is 0 Å². The number of hydrogen-bond donors (Lipinski definition) is 0. The molecule has 0 spiro atoms. The fraction of sp³-hybridized carbons (Fsp3) is 0.909. The first-order chi connectivity index (χ1) is 7.42. The maximum absolute atomic E-state index is 11.8. The average Bonchev–Trinajstić information content (AvgIpc) is 2.16. The van der Waals surface area contributed by atoms with Crippen LogP contribution in [-0.2, 0) is 9.47 Å². The predicted molar refractivity (Wildman–Crippen MR) is 64.0 cm³/mol. The Morgan fingerprint density at radius 2 is 2.25 bits per heavy atom. The topological polar surface area (TPSA) is 38.8 Å². The normalized spacial score (nSPS) is 21.8. The van der Waals surface area contributed by atoms with Crippen LogP contribution in [0.5, 0.6) is 0 Å². The molecule has 1 heterocycles. The second-order valence-corrected chi connectivity index (χ2v) is 5.06. The van der Waals surface area contributed by atoms with Crippen molar-refractivity contribution in [1.82, 2.24) is 4.90 Å². The average molecular weight is 226 g/mol. The first-order valence-corrected chi connectivity index (χ1v) is 5.79. The van der Waals surface area contributed by atoms with Crippen molar-refractivity contribution in [1.29, 1.82) is 0 Å². The molecule has 1 rings (SSSR count). The number of nitrogens with zero attached hydrogens (tertiary/aromatic N) is 1. The second kappa shape index (κ2) is 5.57. The van der Waals surface area contributed by atoms with Gasteiger partial charge < -0.3 is 14.4 Å². The molecule has 0 aromatic carbocycles. The first-order valence-electron chi connectivity index (χ1n) is 5.79. The van der Waals surface area contributed by atoms with E-state index < -0.39 is 5.60 Å². The minimum atomic E-state index is -0.429. The molecule has 1 aliphatic rings. The highest BCUT2D eigenvalue weighted by Crippen LogP contribution is 2.14. The Balaban J connectivity index is 2.44. The van der Waals surface area contributed by atoms with Gasteiger partial charge in [0.25, 0.3) is 0 Å². The van der Waals surface area contributed by atoms with Crippen molar-refractivity contribution in [2.45, 2.75) is 45.6 Å². The van der Waals surface area contributed by atoms with Crippen LogP contribution < -0.4 is 0 Å². The fourth-order valence-corrected chi connectivity index (χ4v) is 1.62. The number of morpholine rings is 1. The summed E-state index contributed by atoms with van der Waals surface area (Å²) in [6.07, 6.45) is 0.752. The molecule has 0 aromatic heterocycles. The van der Waals surface area contributed by atoms with Crippen molar-refractivity contribution in [3.63, 3.8) is 0 Å². The fourth-order valence-electron chi connectivity index (χ4n) is 1.62. The van der Waals surface area contributed by atoms with Gasteiger partial charge in [-0.3, -0.25) is 0 Å². The van der Waals surface area contributed by atoms with Gasteiger partial charge in [-0.1, -0.05) is 13.1 Å². The zero-order valence-electron chi connectivity index (χ0n) is 10.7. The van der Waals surface area contributed by atoms with E-state index in [1.165, 1.54) is 0 Å². The molecule has 91 valence electrons. The zero-order chi connectivity index (χ0) is 12.2. The van der Waals surface area contributed by atoms with Gasteiger partial charge in [0.15, 0.2) is 0 Å². The van der Waals surface area contributed by atoms with Gasteiger partial charge in [0.05, 0.1) is 12.7 Å². The Labute approximate surface area is 98.5 Å². The molecule has 4 nitrogen and oxygen atoms in total. The number of ether oxygens (including phenoxy) is 2. The third-order valence-corrected chi connectivity index (χ3v) is 2.29. The van der Waals surface area contributed by atoms with E-state index in [1.807, 2.05) is 27.6 Å². The molecule has 1 fully saturated rings. The summed E-state index contributed by atoms with van der Waals surface area (Å²) in [6.45, 7) is 9.47. The van der Waals surface area contributed by atoms with E-state index in [4.69, 9.17) is 9.47 Å². The SMILES string of the molecule is C[B]C[C@@H]1CN(C(=O)OC(C)(C)C)CCO1. The quantitative estimate of drug-likeness (QED) is 0.674. The van der Waals surface area contributed by atoms with Crippen LogP contribution in [0.25, 0.3) is 0 Å². The van der Waals surface area contributed by atoms with Crippen molar-refractivity contribution >= 4 is 13.4 Å². The molecule has 0 N–H and O–H groups in total. The smallest absolute Gasteiger partial charge is 0.410 e. The summed E-state index contributed by atoms with van der Waals surface area (Å²) in [5.41, 5.74) is -0.429. The van der Waals surface area contributed by atoms with Crippen LogP contribution in [0.15, 0.2) is 0 Å². The molecular formula is C11H21BNO3. The van der Waals surface area contributed by atoms with Gasteiger partial charge in [0, 0.05) is 13.1 Å². The molecule has 0 aliphatic carbocycles. The summed E-state index contributed by atoms with van der Waals surface area (Å²) in [5.74, 6) is 0. The van der Waals surface area contributed by atoms with Crippen molar-refractivity contribution < 1.29 is 14.3 Å². The third kappa shape index (κ3) is 4.43. The molecule has 0 unspecified atom stereocenters. The van der Waals surface area contributed by atoms with Gasteiger partial charge in [-0.2, -0.15) is 0 Å². The van der Waals surface area contributed by atoms with Crippen LogP contribution in [0.4, 0.5) is 4.79 Å².